The number of nitriles is 1. The number of carbonyl (C=O) groups is 1. The van der Waals surface area contributed by atoms with Gasteiger partial charge in [-0.2, -0.15) is 5.26 Å². The molecule has 0 unspecified atom stereocenters. The third kappa shape index (κ3) is 2.62. The molecule has 0 bridgehead atoms. The Morgan fingerprint density at radius 1 is 1.56 bits per heavy atom. The minimum atomic E-state index is -0.357. The molecule has 2 rings (SSSR count). The van der Waals surface area contributed by atoms with Crippen molar-refractivity contribution in [3.8, 4) is 6.07 Å². The fourth-order valence-electron chi connectivity index (χ4n) is 1.87. The van der Waals surface area contributed by atoms with E-state index in [0.717, 1.165) is 18.4 Å². The highest BCUT2D eigenvalue weighted by molar-refractivity contribution is 5.92. The topological polar surface area (TPSA) is 76.1 Å². The van der Waals surface area contributed by atoms with Crippen molar-refractivity contribution >= 4 is 11.7 Å². The van der Waals surface area contributed by atoms with Gasteiger partial charge in [0.25, 0.3) is 0 Å². The molecule has 18 heavy (non-hydrogen) atoms. The summed E-state index contributed by atoms with van der Waals surface area (Å²) in [7, 11) is 0. The van der Waals surface area contributed by atoms with Crippen LogP contribution >= 0.6 is 0 Å². The Morgan fingerprint density at radius 3 is 2.89 bits per heavy atom. The molecule has 4 nitrogen and oxygen atoms in total. The van der Waals surface area contributed by atoms with E-state index in [1.807, 2.05) is 6.92 Å². The first kappa shape index (κ1) is 12.4. The smallest absolute Gasteiger partial charge is 0.338 e. The summed E-state index contributed by atoms with van der Waals surface area (Å²) in [4.78, 5) is 11.9. The van der Waals surface area contributed by atoms with Crippen LogP contribution in [0.25, 0.3) is 0 Å². The van der Waals surface area contributed by atoms with Gasteiger partial charge in [-0.15, -0.1) is 0 Å². The van der Waals surface area contributed by atoms with Crippen molar-refractivity contribution in [3.63, 3.8) is 0 Å². The van der Waals surface area contributed by atoms with E-state index in [1.165, 1.54) is 0 Å². The highest BCUT2D eigenvalue weighted by Crippen LogP contribution is 2.48. The number of anilines is 1. The van der Waals surface area contributed by atoms with Crippen LogP contribution in [0.1, 0.15) is 35.2 Å². The number of nitrogens with two attached hydrogens (primary N) is 1. The number of hydrogen-bond acceptors (Lipinski definition) is 4. The summed E-state index contributed by atoms with van der Waals surface area (Å²) in [5.41, 5.74) is 7.47. The summed E-state index contributed by atoms with van der Waals surface area (Å²) < 4.78 is 5.30. The van der Waals surface area contributed by atoms with Gasteiger partial charge in [-0.1, -0.05) is 6.07 Å². The summed E-state index contributed by atoms with van der Waals surface area (Å²) in [6.45, 7) is 2.17. The molecule has 2 N–H and O–H groups in total. The number of aryl methyl sites for hydroxylation is 1. The molecule has 1 aromatic rings. The molecule has 1 aliphatic rings. The molecular formula is C14H16N2O2. The Bertz CT molecular complexity index is 513. The summed E-state index contributed by atoms with van der Waals surface area (Å²) in [6.07, 6.45) is 2.38. The number of benzene rings is 1. The Balaban J connectivity index is 2.00. The van der Waals surface area contributed by atoms with Gasteiger partial charge in [-0.3, -0.25) is 0 Å². The fraction of sp³-hybridized carbons (Fsp3) is 0.429. The van der Waals surface area contributed by atoms with Crippen molar-refractivity contribution in [3.05, 3.63) is 29.3 Å². The number of carbonyl (C=O) groups excluding carboxylic acids is 1. The van der Waals surface area contributed by atoms with E-state index in [9.17, 15) is 4.79 Å². The van der Waals surface area contributed by atoms with Crippen LogP contribution in [0.4, 0.5) is 5.69 Å². The average molecular weight is 244 g/mol. The molecule has 1 saturated carbocycles. The van der Waals surface area contributed by atoms with Crippen molar-refractivity contribution in [1.29, 1.82) is 5.26 Å². The number of esters is 1. The number of nitrogen functional groups attached to an aromatic ring is 1. The molecule has 0 aromatic heterocycles. The fourth-order valence-corrected chi connectivity index (χ4v) is 1.87. The van der Waals surface area contributed by atoms with Crippen LogP contribution in [0.5, 0.6) is 0 Å². The van der Waals surface area contributed by atoms with Gasteiger partial charge in [0.05, 0.1) is 18.2 Å². The molecule has 0 amide bonds. The molecule has 1 fully saturated rings. The van der Waals surface area contributed by atoms with E-state index in [2.05, 4.69) is 6.07 Å². The largest absolute Gasteiger partial charge is 0.461 e. The molecule has 0 spiro atoms. The number of rotatable bonds is 4. The lowest BCUT2D eigenvalue weighted by atomic mass is 10.1. The first-order chi connectivity index (χ1) is 8.56. The highest BCUT2D eigenvalue weighted by Gasteiger charge is 2.43. The van der Waals surface area contributed by atoms with Crippen LogP contribution in [0, 0.1) is 23.7 Å². The average Bonchev–Trinajstić information content (AvgIpc) is 3.10. The lowest BCUT2D eigenvalue weighted by Crippen LogP contribution is -2.15. The maximum atomic E-state index is 11.9. The number of nitrogens with zero attached hydrogens (tertiary/aromatic N) is 1. The monoisotopic (exact) mass is 244 g/mol. The summed E-state index contributed by atoms with van der Waals surface area (Å²) in [5, 5.41) is 8.70. The first-order valence-electron chi connectivity index (χ1n) is 5.97. The minimum absolute atomic E-state index is 0.0847. The van der Waals surface area contributed by atoms with Crippen molar-refractivity contribution in [2.24, 2.45) is 5.41 Å². The van der Waals surface area contributed by atoms with E-state index >= 15 is 0 Å². The quantitative estimate of drug-likeness (QED) is 0.652. The van der Waals surface area contributed by atoms with Crippen LogP contribution < -0.4 is 5.73 Å². The van der Waals surface area contributed by atoms with Gasteiger partial charge in [-0.25, -0.2) is 4.79 Å². The molecule has 0 heterocycles. The second-order valence-corrected chi connectivity index (χ2v) is 4.99. The van der Waals surface area contributed by atoms with E-state index in [-0.39, 0.29) is 11.4 Å². The molecular weight excluding hydrogens is 228 g/mol. The van der Waals surface area contributed by atoms with Crippen LogP contribution in [0.2, 0.25) is 0 Å². The van der Waals surface area contributed by atoms with Gasteiger partial charge in [0.2, 0.25) is 0 Å². The van der Waals surface area contributed by atoms with Crippen LogP contribution in [-0.2, 0) is 4.74 Å². The minimum Gasteiger partial charge on any atom is -0.461 e. The molecule has 1 aliphatic carbocycles. The lowest BCUT2D eigenvalue weighted by Gasteiger charge is -2.12. The van der Waals surface area contributed by atoms with Crippen LogP contribution in [0.15, 0.2) is 18.2 Å². The van der Waals surface area contributed by atoms with E-state index in [0.29, 0.717) is 24.3 Å². The Morgan fingerprint density at radius 2 is 2.28 bits per heavy atom. The zero-order valence-electron chi connectivity index (χ0n) is 10.4. The lowest BCUT2D eigenvalue weighted by molar-refractivity contribution is 0.0418. The third-order valence-corrected chi connectivity index (χ3v) is 3.40. The predicted octanol–water partition coefficient (Wildman–Crippen LogP) is 2.43. The molecule has 0 aliphatic heterocycles. The van der Waals surface area contributed by atoms with Crippen molar-refractivity contribution in [2.75, 3.05) is 12.3 Å². The van der Waals surface area contributed by atoms with E-state index < -0.39 is 0 Å². The van der Waals surface area contributed by atoms with Gasteiger partial charge < -0.3 is 10.5 Å². The van der Waals surface area contributed by atoms with Crippen LogP contribution in [0.3, 0.4) is 0 Å². The van der Waals surface area contributed by atoms with Gasteiger partial charge >= 0.3 is 5.97 Å². The van der Waals surface area contributed by atoms with Crippen molar-refractivity contribution in [1.82, 2.24) is 0 Å². The third-order valence-electron chi connectivity index (χ3n) is 3.40. The van der Waals surface area contributed by atoms with Gasteiger partial charge in [0.1, 0.15) is 0 Å². The van der Waals surface area contributed by atoms with Crippen LogP contribution in [-0.4, -0.2) is 12.6 Å². The maximum absolute atomic E-state index is 11.9. The first-order valence-corrected chi connectivity index (χ1v) is 5.97. The van der Waals surface area contributed by atoms with Gasteiger partial charge in [-0.05, 0) is 37.5 Å². The Labute approximate surface area is 106 Å². The molecule has 4 heteroatoms. The molecule has 1 aromatic carbocycles. The number of ether oxygens (including phenoxy) is 1. The zero-order chi connectivity index (χ0) is 13.2. The predicted molar refractivity (Wildman–Crippen MR) is 67.8 cm³/mol. The Hall–Kier alpha value is -2.02. The van der Waals surface area contributed by atoms with Gasteiger partial charge in [0.15, 0.2) is 0 Å². The van der Waals surface area contributed by atoms with E-state index in [4.69, 9.17) is 15.7 Å². The number of hydrogen-bond donors (Lipinski definition) is 1. The molecule has 0 saturated heterocycles. The maximum Gasteiger partial charge on any atom is 0.338 e. The van der Waals surface area contributed by atoms with Gasteiger partial charge in [0, 0.05) is 17.5 Å². The molecule has 0 radical (unpaired) electrons. The summed E-state index contributed by atoms with van der Waals surface area (Å²) in [5.74, 6) is -0.357. The SMILES string of the molecule is Cc1ccc(N)cc1C(=O)OCC1(CC#N)CC1. The normalized spacial score (nSPS) is 15.8. The standard InChI is InChI=1S/C14H16N2O2/c1-10-2-3-11(16)8-12(10)13(17)18-9-14(4-5-14)6-7-15/h2-3,8H,4-6,9,16H2,1H3. The van der Waals surface area contributed by atoms with Crippen molar-refractivity contribution in [2.45, 2.75) is 26.2 Å². The van der Waals surface area contributed by atoms with Crippen molar-refractivity contribution < 1.29 is 9.53 Å². The molecule has 0 atom stereocenters. The molecule has 94 valence electrons. The van der Waals surface area contributed by atoms with E-state index in [1.54, 1.807) is 18.2 Å². The zero-order valence-corrected chi connectivity index (χ0v) is 10.4. The Kier molecular flexibility index (Phi) is 3.24. The second-order valence-electron chi connectivity index (χ2n) is 4.99. The summed E-state index contributed by atoms with van der Waals surface area (Å²) >= 11 is 0. The summed E-state index contributed by atoms with van der Waals surface area (Å²) in [6, 6.07) is 7.32. The second kappa shape index (κ2) is 4.69. The highest BCUT2D eigenvalue weighted by atomic mass is 16.5.